The van der Waals surface area contributed by atoms with Gasteiger partial charge in [-0.25, -0.2) is 4.79 Å². The Bertz CT molecular complexity index is 772. The lowest BCUT2D eigenvalue weighted by Gasteiger charge is -2.28. The molecule has 1 saturated carbocycles. The molecular formula is C22H28O3. The molecule has 0 spiro atoms. The summed E-state index contributed by atoms with van der Waals surface area (Å²) < 4.78 is 5.93. The molecule has 1 fully saturated rings. The number of hydrogen-bond acceptors (Lipinski definition) is 3. The van der Waals surface area contributed by atoms with Gasteiger partial charge in [0.05, 0.1) is 0 Å². The first-order valence-corrected chi connectivity index (χ1v) is 9.49. The zero-order valence-electron chi connectivity index (χ0n) is 15.5. The fourth-order valence-electron chi connectivity index (χ4n) is 3.97. The van der Waals surface area contributed by atoms with Crippen molar-refractivity contribution >= 4 is 16.7 Å². The SMILES string of the molecule is CCC(C)c1cc(C(=O)OC2(CC)CCCC2)c(O)c2ccccc12. The van der Waals surface area contributed by atoms with Crippen LogP contribution in [0.25, 0.3) is 10.8 Å². The van der Waals surface area contributed by atoms with Crippen LogP contribution in [0.5, 0.6) is 5.75 Å². The molecule has 0 amide bonds. The largest absolute Gasteiger partial charge is 0.506 e. The minimum Gasteiger partial charge on any atom is -0.506 e. The topological polar surface area (TPSA) is 46.5 Å². The van der Waals surface area contributed by atoms with Gasteiger partial charge in [0.2, 0.25) is 0 Å². The van der Waals surface area contributed by atoms with E-state index in [1.807, 2.05) is 30.3 Å². The van der Waals surface area contributed by atoms with Gasteiger partial charge in [0.1, 0.15) is 16.9 Å². The van der Waals surface area contributed by atoms with Crippen LogP contribution >= 0.6 is 0 Å². The summed E-state index contributed by atoms with van der Waals surface area (Å²) in [6.07, 6.45) is 5.84. The fraction of sp³-hybridized carbons (Fsp3) is 0.500. The monoisotopic (exact) mass is 340 g/mol. The molecule has 0 radical (unpaired) electrons. The van der Waals surface area contributed by atoms with Crippen molar-refractivity contribution in [2.24, 2.45) is 0 Å². The molecule has 0 heterocycles. The van der Waals surface area contributed by atoms with Crippen LogP contribution in [0, 0.1) is 0 Å². The number of aromatic hydroxyl groups is 1. The maximum Gasteiger partial charge on any atom is 0.342 e. The third-order valence-electron chi connectivity index (χ3n) is 5.88. The van der Waals surface area contributed by atoms with Crippen molar-refractivity contribution in [1.82, 2.24) is 0 Å². The van der Waals surface area contributed by atoms with Crippen LogP contribution in [0.3, 0.4) is 0 Å². The smallest absolute Gasteiger partial charge is 0.342 e. The lowest BCUT2D eigenvalue weighted by Crippen LogP contribution is -2.31. The number of carbonyl (C=O) groups excluding carboxylic acids is 1. The van der Waals surface area contributed by atoms with Crippen LogP contribution in [0.1, 0.15) is 81.1 Å². The Morgan fingerprint density at radius 2 is 1.84 bits per heavy atom. The van der Waals surface area contributed by atoms with E-state index in [4.69, 9.17) is 4.74 Å². The van der Waals surface area contributed by atoms with Crippen molar-refractivity contribution in [2.45, 2.75) is 70.8 Å². The molecule has 3 nitrogen and oxygen atoms in total. The normalized spacial score (nSPS) is 17.6. The number of carbonyl (C=O) groups is 1. The lowest BCUT2D eigenvalue weighted by atomic mass is 9.90. The second kappa shape index (κ2) is 7.07. The van der Waals surface area contributed by atoms with Crippen molar-refractivity contribution in [3.05, 3.63) is 41.5 Å². The minimum atomic E-state index is -0.392. The third-order valence-corrected chi connectivity index (χ3v) is 5.88. The van der Waals surface area contributed by atoms with Gasteiger partial charge in [0, 0.05) is 5.39 Å². The molecular weight excluding hydrogens is 312 g/mol. The molecule has 0 bridgehead atoms. The Labute approximate surface area is 150 Å². The maximum atomic E-state index is 12.9. The van der Waals surface area contributed by atoms with Gasteiger partial charge in [-0.1, -0.05) is 45.0 Å². The summed E-state index contributed by atoms with van der Waals surface area (Å²) in [5.41, 5.74) is 1.04. The third kappa shape index (κ3) is 3.24. The number of ether oxygens (including phenoxy) is 1. The number of fused-ring (bicyclic) bond motifs is 1. The van der Waals surface area contributed by atoms with Crippen molar-refractivity contribution in [3.8, 4) is 5.75 Å². The number of benzene rings is 2. The highest BCUT2D eigenvalue weighted by molar-refractivity contribution is 6.02. The Kier molecular flexibility index (Phi) is 5.03. The molecule has 2 aromatic rings. The van der Waals surface area contributed by atoms with Crippen molar-refractivity contribution in [1.29, 1.82) is 0 Å². The second-order valence-corrected chi connectivity index (χ2v) is 7.35. The van der Waals surface area contributed by atoms with Crippen LogP contribution < -0.4 is 0 Å². The molecule has 1 unspecified atom stereocenters. The Hall–Kier alpha value is -2.03. The number of esters is 1. The Morgan fingerprint density at radius 3 is 2.44 bits per heavy atom. The molecule has 3 rings (SSSR count). The molecule has 3 heteroatoms. The average molecular weight is 340 g/mol. The van der Waals surface area contributed by atoms with Gasteiger partial charge in [0.15, 0.2) is 0 Å². The molecule has 1 atom stereocenters. The maximum absolute atomic E-state index is 12.9. The molecule has 2 aromatic carbocycles. The standard InChI is InChI=1S/C22H28O3/c1-4-15(3)18-14-19(20(23)17-11-7-6-10-16(17)18)21(24)25-22(5-2)12-8-9-13-22/h6-7,10-11,14-15,23H,4-5,8-9,12-13H2,1-3H3. The number of rotatable bonds is 5. The fourth-order valence-corrected chi connectivity index (χ4v) is 3.97. The van der Waals surface area contributed by atoms with E-state index in [-0.39, 0.29) is 11.4 Å². The van der Waals surface area contributed by atoms with Crippen LogP contribution in [-0.2, 0) is 4.74 Å². The zero-order chi connectivity index (χ0) is 18.0. The Morgan fingerprint density at radius 1 is 1.20 bits per heavy atom. The van der Waals surface area contributed by atoms with E-state index in [0.717, 1.165) is 54.9 Å². The predicted octanol–water partition coefficient (Wildman–Crippen LogP) is 5.94. The summed E-state index contributed by atoms with van der Waals surface area (Å²) in [5.74, 6) is -0.0443. The van der Waals surface area contributed by atoms with E-state index in [1.54, 1.807) is 0 Å². The summed E-state index contributed by atoms with van der Waals surface area (Å²) in [5, 5.41) is 12.5. The molecule has 134 valence electrons. The van der Waals surface area contributed by atoms with Gasteiger partial charge in [-0.05, 0) is 61.5 Å². The van der Waals surface area contributed by atoms with Gasteiger partial charge in [-0.15, -0.1) is 0 Å². The molecule has 0 aliphatic heterocycles. The summed E-state index contributed by atoms with van der Waals surface area (Å²) in [7, 11) is 0. The molecule has 1 aliphatic rings. The number of hydrogen-bond donors (Lipinski definition) is 1. The summed E-state index contributed by atoms with van der Waals surface area (Å²) in [4.78, 5) is 12.9. The number of phenols is 1. The quantitative estimate of drug-likeness (QED) is 0.685. The van der Waals surface area contributed by atoms with Crippen molar-refractivity contribution < 1.29 is 14.6 Å². The van der Waals surface area contributed by atoms with Crippen LogP contribution in [0.15, 0.2) is 30.3 Å². The van der Waals surface area contributed by atoms with Crippen molar-refractivity contribution in [2.75, 3.05) is 0 Å². The van der Waals surface area contributed by atoms with Gasteiger partial charge >= 0.3 is 5.97 Å². The van der Waals surface area contributed by atoms with Crippen LogP contribution in [0.2, 0.25) is 0 Å². The lowest BCUT2D eigenvalue weighted by molar-refractivity contribution is -0.0174. The van der Waals surface area contributed by atoms with Gasteiger partial charge in [-0.3, -0.25) is 0 Å². The molecule has 1 N–H and O–H groups in total. The van der Waals surface area contributed by atoms with E-state index in [9.17, 15) is 9.90 Å². The Balaban J connectivity index is 2.06. The highest BCUT2D eigenvalue weighted by Crippen LogP contribution is 2.40. The predicted molar refractivity (Wildman–Crippen MR) is 101 cm³/mol. The van der Waals surface area contributed by atoms with Gasteiger partial charge in [-0.2, -0.15) is 0 Å². The zero-order valence-corrected chi connectivity index (χ0v) is 15.5. The van der Waals surface area contributed by atoms with Crippen LogP contribution in [0.4, 0.5) is 0 Å². The molecule has 1 aliphatic carbocycles. The summed E-state index contributed by atoms with van der Waals surface area (Å²) in [6.45, 7) is 6.36. The first-order valence-electron chi connectivity index (χ1n) is 9.49. The van der Waals surface area contributed by atoms with Gasteiger partial charge < -0.3 is 9.84 Å². The highest BCUT2D eigenvalue weighted by atomic mass is 16.6. The molecule has 0 saturated heterocycles. The number of phenolic OH excluding ortho intramolecular Hbond substituents is 1. The minimum absolute atomic E-state index is 0.0388. The molecule has 25 heavy (non-hydrogen) atoms. The van der Waals surface area contributed by atoms with Crippen molar-refractivity contribution in [3.63, 3.8) is 0 Å². The highest BCUT2D eigenvalue weighted by Gasteiger charge is 2.37. The van der Waals surface area contributed by atoms with Crippen LogP contribution in [-0.4, -0.2) is 16.7 Å². The van der Waals surface area contributed by atoms with E-state index < -0.39 is 5.97 Å². The van der Waals surface area contributed by atoms with E-state index in [2.05, 4.69) is 20.8 Å². The van der Waals surface area contributed by atoms with E-state index >= 15 is 0 Å². The summed E-state index contributed by atoms with van der Waals surface area (Å²) in [6, 6.07) is 9.58. The average Bonchev–Trinajstić information content (AvgIpc) is 3.10. The van der Waals surface area contributed by atoms with E-state index in [1.165, 1.54) is 0 Å². The van der Waals surface area contributed by atoms with E-state index in [0.29, 0.717) is 11.5 Å². The first-order chi connectivity index (χ1) is 12.0. The van der Waals surface area contributed by atoms with Gasteiger partial charge in [0.25, 0.3) is 0 Å². The second-order valence-electron chi connectivity index (χ2n) is 7.35. The molecule has 0 aromatic heterocycles. The first kappa shape index (κ1) is 17.8. The summed E-state index contributed by atoms with van der Waals surface area (Å²) >= 11 is 0.